The summed E-state index contributed by atoms with van der Waals surface area (Å²) in [5.41, 5.74) is 3.04. The van der Waals surface area contributed by atoms with Crippen LogP contribution in [0.4, 0.5) is 0 Å². The fraction of sp³-hybridized carbons (Fsp3) is 0.333. The van der Waals surface area contributed by atoms with Crippen molar-refractivity contribution in [3.63, 3.8) is 0 Å². The zero-order valence-electron chi connectivity index (χ0n) is 7.23. The average Bonchev–Trinajstić information content (AvgIpc) is 2.17. The first-order valence-corrected chi connectivity index (χ1v) is 4.06. The molecular formula is C9H13NO3. The maximum Gasteiger partial charge on any atom is 0.119 e. The molecule has 4 nitrogen and oxygen atoms in total. The van der Waals surface area contributed by atoms with Gasteiger partial charge in [-0.05, 0) is 17.7 Å². The summed E-state index contributed by atoms with van der Waals surface area (Å²) in [6.45, 7) is 0.734. The minimum absolute atomic E-state index is 0.0138. The second-order valence-corrected chi connectivity index (χ2v) is 2.55. The van der Waals surface area contributed by atoms with E-state index >= 15 is 0 Å². The van der Waals surface area contributed by atoms with Crippen LogP contribution in [0.3, 0.4) is 0 Å². The van der Waals surface area contributed by atoms with E-state index in [1.54, 1.807) is 12.1 Å². The third kappa shape index (κ3) is 3.42. The first kappa shape index (κ1) is 9.98. The fourth-order valence-corrected chi connectivity index (χ4v) is 0.958. The van der Waals surface area contributed by atoms with Gasteiger partial charge in [-0.3, -0.25) is 0 Å². The molecule has 0 fully saturated rings. The van der Waals surface area contributed by atoms with Crippen LogP contribution in [0.2, 0.25) is 0 Å². The summed E-state index contributed by atoms with van der Waals surface area (Å²) in [7, 11) is 0. The summed E-state index contributed by atoms with van der Waals surface area (Å²) < 4.78 is 5.16. The van der Waals surface area contributed by atoms with Gasteiger partial charge in [-0.1, -0.05) is 12.1 Å². The Morgan fingerprint density at radius 3 is 2.46 bits per heavy atom. The van der Waals surface area contributed by atoms with Crippen LogP contribution in [0.25, 0.3) is 0 Å². The number of hydrogen-bond donors (Lipinski definition) is 3. The third-order valence-electron chi connectivity index (χ3n) is 1.57. The quantitative estimate of drug-likeness (QED) is 0.583. The predicted molar refractivity (Wildman–Crippen MR) is 47.6 cm³/mol. The lowest BCUT2D eigenvalue weighted by molar-refractivity contribution is 0.161. The van der Waals surface area contributed by atoms with Crippen LogP contribution in [0.15, 0.2) is 24.3 Å². The molecule has 4 heteroatoms. The topological polar surface area (TPSA) is 61.7 Å². The van der Waals surface area contributed by atoms with Crippen molar-refractivity contribution in [2.75, 3.05) is 13.2 Å². The summed E-state index contributed by atoms with van der Waals surface area (Å²) >= 11 is 0. The van der Waals surface area contributed by atoms with Crippen LogP contribution >= 0.6 is 0 Å². The van der Waals surface area contributed by atoms with E-state index in [9.17, 15) is 0 Å². The highest BCUT2D eigenvalue weighted by Crippen LogP contribution is 2.11. The van der Waals surface area contributed by atoms with Gasteiger partial charge in [0.15, 0.2) is 0 Å². The second kappa shape index (κ2) is 5.53. The van der Waals surface area contributed by atoms with Gasteiger partial charge in [0.25, 0.3) is 0 Å². The molecule has 0 radical (unpaired) electrons. The van der Waals surface area contributed by atoms with Crippen molar-refractivity contribution in [3.05, 3.63) is 29.8 Å². The first-order valence-electron chi connectivity index (χ1n) is 4.06. The monoisotopic (exact) mass is 183 g/mol. The lowest BCUT2D eigenvalue weighted by atomic mass is 10.2. The number of ether oxygens (including phenoxy) is 1. The highest BCUT2D eigenvalue weighted by molar-refractivity contribution is 5.27. The van der Waals surface area contributed by atoms with Gasteiger partial charge in [0.1, 0.15) is 12.4 Å². The van der Waals surface area contributed by atoms with Crippen molar-refractivity contribution in [3.8, 4) is 5.75 Å². The highest BCUT2D eigenvalue weighted by Gasteiger charge is 1.93. The SMILES string of the molecule is OCCOc1ccc(CNO)cc1. The van der Waals surface area contributed by atoms with E-state index in [-0.39, 0.29) is 6.61 Å². The molecule has 0 saturated heterocycles. The molecule has 0 aliphatic rings. The summed E-state index contributed by atoms with van der Waals surface area (Å²) in [6, 6.07) is 7.27. The van der Waals surface area contributed by atoms with Gasteiger partial charge in [0.05, 0.1) is 6.61 Å². The molecule has 1 aromatic rings. The summed E-state index contributed by atoms with van der Waals surface area (Å²) in [5.74, 6) is 0.718. The van der Waals surface area contributed by atoms with E-state index in [0.717, 1.165) is 11.3 Å². The van der Waals surface area contributed by atoms with Crippen molar-refractivity contribution in [1.82, 2.24) is 5.48 Å². The van der Waals surface area contributed by atoms with Crippen molar-refractivity contribution < 1.29 is 15.1 Å². The minimum atomic E-state index is 0.0138. The normalized spacial score (nSPS) is 10.0. The molecule has 0 atom stereocenters. The Balaban J connectivity index is 2.48. The van der Waals surface area contributed by atoms with E-state index in [1.165, 1.54) is 0 Å². The average molecular weight is 183 g/mol. The molecule has 0 saturated carbocycles. The third-order valence-corrected chi connectivity index (χ3v) is 1.57. The molecule has 0 spiro atoms. The molecule has 1 aromatic carbocycles. The Bertz CT molecular complexity index is 235. The Morgan fingerprint density at radius 2 is 1.92 bits per heavy atom. The number of hydroxylamine groups is 1. The molecular weight excluding hydrogens is 170 g/mol. The molecule has 0 amide bonds. The van der Waals surface area contributed by atoms with E-state index in [1.807, 2.05) is 12.1 Å². The lowest BCUT2D eigenvalue weighted by Gasteiger charge is -2.04. The number of nitrogens with one attached hydrogen (secondary N) is 1. The van der Waals surface area contributed by atoms with Crippen molar-refractivity contribution in [2.24, 2.45) is 0 Å². The highest BCUT2D eigenvalue weighted by atomic mass is 16.5. The molecule has 0 aliphatic heterocycles. The molecule has 0 unspecified atom stereocenters. The maximum atomic E-state index is 8.50. The molecule has 72 valence electrons. The predicted octanol–water partition coefficient (Wildman–Crippen LogP) is 0.536. The van der Waals surface area contributed by atoms with E-state index in [2.05, 4.69) is 5.48 Å². The van der Waals surface area contributed by atoms with E-state index in [4.69, 9.17) is 15.1 Å². The molecule has 3 N–H and O–H groups in total. The number of benzene rings is 1. The summed E-state index contributed by atoms with van der Waals surface area (Å²) in [6.07, 6.45) is 0. The van der Waals surface area contributed by atoms with Crippen LogP contribution in [-0.2, 0) is 6.54 Å². The standard InChI is InChI=1S/C9H13NO3/c11-5-6-13-9-3-1-8(2-4-9)7-10-12/h1-4,10-12H,5-7H2. The van der Waals surface area contributed by atoms with Gasteiger partial charge in [0.2, 0.25) is 0 Å². The second-order valence-electron chi connectivity index (χ2n) is 2.55. The number of hydrogen-bond acceptors (Lipinski definition) is 4. The van der Waals surface area contributed by atoms with Gasteiger partial charge in [-0.25, -0.2) is 5.48 Å². The lowest BCUT2D eigenvalue weighted by Crippen LogP contribution is -2.06. The van der Waals surface area contributed by atoms with Gasteiger partial charge >= 0.3 is 0 Å². The van der Waals surface area contributed by atoms with Crippen LogP contribution in [-0.4, -0.2) is 23.5 Å². The van der Waals surface area contributed by atoms with Crippen LogP contribution in [0.5, 0.6) is 5.75 Å². The summed E-state index contributed by atoms with van der Waals surface area (Å²) in [5, 5.41) is 16.9. The van der Waals surface area contributed by atoms with Crippen molar-refractivity contribution in [2.45, 2.75) is 6.54 Å². The zero-order chi connectivity index (χ0) is 9.52. The van der Waals surface area contributed by atoms with E-state index < -0.39 is 0 Å². The molecule has 0 aliphatic carbocycles. The number of aliphatic hydroxyl groups excluding tert-OH is 1. The Morgan fingerprint density at radius 1 is 1.23 bits per heavy atom. The molecule has 1 rings (SSSR count). The smallest absolute Gasteiger partial charge is 0.119 e. The largest absolute Gasteiger partial charge is 0.491 e. The Kier molecular flexibility index (Phi) is 4.25. The van der Waals surface area contributed by atoms with E-state index in [0.29, 0.717) is 13.2 Å². The van der Waals surface area contributed by atoms with Crippen LogP contribution in [0.1, 0.15) is 5.56 Å². The maximum absolute atomic E-state index is 8.50. The fourth-order valence-electron chi connectivity index (χ4n) is 0.958. The van der Waals surface area contributed by atoms with Crippen LogP contribution < -0.4 is 10.2 Å². The molecule has 0 bridgehead atoms. The molecule has 0 aromatic heterocycles. The van der Waals surface area contributed by atoms with Gasteiger partial charge in [-0.2, -0.15) is 0 Å². The Hall–Kier alpha value is -1.10. The molecule has 0 heterocycles. The zero-order valence-corrected chi connectivity index (χ0v) is 7.23. The summed E-state index contributed by atoms with van der Waals surface area (Å²) in [4.78, 5) is 0. The van der Waals surface area contributed by atoms with Gasteiger partial charge in [0, 0.05) is 6.54 Å². The van der Waals surface area contributed by atoms with Crippen molar-refractivity contribution in [1.29, 1.82) is 0 Å². The van der Waals surface area contributed by atoms with Crippen molar-refractivity contribution >= 4 is 0 Å². The van der Waals surface area contributed by atoms with Gasteiger partial charge < -0.3 is 15.1 Å². The molecule has 13 heavy (non-hydrogen) atoms. The van der Waals surface area contributed by atoms with Crippen LogP contribution in [0, 0.1) is 0 Å². The number of aliphatic hydroxyl groups is 1. The Labute approximate surface area is 76.7 Å². The van der Waals surface area contributed by atoms with Gasteiger partial charge in [-0.15, -0.1) is 0 Å². The minimum Gasteiger partial charge on any atom is -0.491 e. The number of rotatable bonds is 5. The first-order chi connectivity index (χ1) is 6.36.